The molecule has 2 aromatic heterocycles. The zero-order valence-corrected chi connectivity index (χ0v) is 30.6. The molecule has 0 bridgehead atoms. The maximum atomic E-state index is 6.85. The number of benzene rings is 9. The Morgan fingerprint density at radius 3 is 1.85 bits per heavy atom. The van der Waals surface area contributed by atoms with Gasteiger partial charge in [-0.2, -0.15) is 0 Å². The molecule has 0 radical (unpaired) electrons. The second-order valence-electron chi connectivity index (χ2n) is 14.1. The van der Waals surface area contributed by atoms with Crippen molar-refractivity contribution in [2.24, 2.45) is 0 Å². The van der Waals surface area contributed by atoms with Gasteiger partial charge in [-0.25, -0.2) is 0 Å². The average molecular weight is 720 g/mol. The third-order valence-electron chi connectivity index (χ3n) is 10.9. The molecule has 0 aliphatic rings. The maximum absolute atomic E-state index is 6.85. The van der Waals surface area contributed by atoms with Crippen LogP contribution in [-0.4, -0.2) is 0 Å². The van der Waals surface area contributed by atoms with E-state index < -0.39 is 0 Å². The average Bonchev–Trinajstić information content (AvgIpc) is 3.83. The number of thiophene rings is 1. The van der Waals surface area contributed by atoms with Crippen LogP contribution < -0.4 is 4.90 Å². The predicted octanol–water partition coefficient (Wildman–Crippen LogP) is 15.6. The highest BCUT2D eigenvalue weighted by atomic mass is 32.1. The molecular weight excluding hydrogens is 687 g/mol. The summed E-state index contributed by atoms with van der Waals surface area (Å²) in [4.78, 5) is 2.39. The lowest BCUT2D eigenvalue weighted by Crippen LogP contribution is -2.11. The minimum Gasteiger partial charge on any atom is -0.454 e. The molecule has 0 N–H and O–H groups in total. The van der Waals surface area contributed by atoms with E-state index in [0.29, 0.717) is 0 Å². The minimum absolute atomic E-state index is 0.862. The van der Waals surface area contributed by atoms with Gasteiger partial charge in [0.05, 0.1) is 5.69 Å². The summed E-state index contributed by atoms with van der Waals surface area (Å²) in [6.07, 6.45) is 0. The van der Waals surface area contributed by atoms with Crippen LogP contribution >= 0.6 is 11.3 Å². The van der Waals surface area contributed by atoms with E-state index in [4.69, 9.17) is 4.42 Å². The quantitative estimate of drug-likeness (QED) is 0.170. The molecule has 258 valence electrons. The van der Waals surface area contributed by atoms with Gasteiger partial charge < -0.3 is 9.32 Å². The van der Waals surface area contributed by atoms with Crippen molar-refractivity contribution < 1.29 is 4.42 Å². The van der Waals surface area contributed by atoms with Crippen molar-refractivity contribution in [3.63, 3.8) is 0 Å². The summed E-state index contributed by atoms with van der Waals surface area (Å²) < 4.78 is 9.47. The van der Waals surface area contributed by atoms with Crippen molar-refractivity contribution in [1.29, 1.82) is 0 Å². The largest absolute Gasteiger partial charge is 0.454 e. The molecule has 11 aromatic rings. The fraction of sp³-hybridized carbons (Fsp3) is 0. The van der Waals surface area contributed by atoms with E-state index in [1.54, 1.807) is 0 Å². The second-order valence-corrected chi connectivity index (χ2v) is 15.2. The van der Waals surface area contributed by atoms with Gasteiger partial charge >= 0.3 is 0 Å². The molecule has 0 saturated heterocycles. The molecule has 0 fully saturated rings. The van der Waals surface area contributed by atoms with Gasteiger partial charge in [0.25, 0.3) is 0 Å². The zero-order valence-electron chi connectivity index (χ0n) is 29.8. The van der Waals surface area contributed by atoms with E-state index in [1.165, 1.54) is 53.2 Å². The van der Waals surface area contributed by atoms with Gasteiger partial charge in [-0.3, -0.25) is 0 Å². The highest BCUT2D eigenvalue weighted by molar-refractivity contribution is 7.25. The normalized spacial score (nSPS) is 11.6. The van der Waals surface area contributed by atoms with Gasteiger partial charge in [0.15, 0.2) is 5.58 Å². The summed E-state index contributed by atoms with van der Waals surface area (Å²) in [5, 5.41) is 7.19. The lowest BCUT2D eigenvalue weighted by molar-refractivity contribution is 0.669. The van der Waals surface area contributed by atoms with Gasteiger partial charge in [0, 0.05) is 47.9 Å². The highest BCUT2D eigenvalue weighted by Crippen LogP contribution is 2.48. The van der Waals surface area contributed by atoms with Crippen molar-refractivity contribution in [2.45, 2.75) is 0 Å². The van der Waals surface area contributed by atoms with E-state index in [0.717, 1.165) is 50.1 Å². The summed E-state index contributed by atoms with van der Waals surface area (Å²) in [5.74, 6) is 0. The van der Waals surface area contributed by atoms with Gasteiger partial charge in [-0.1, -0.05) is 146 Å². The first-order chi connectivity index (χ1) is 27.3. The molecule has 0 saturated carbocycles. The molecule has 2 heterocycles. The molecule has 55 heavy (non-hydrogen) atoms. The van der Waals surface area contributed by atoms with Crippen molar-refractivity contribution in [2.75, 3.05) is 4.90 Å². The Morgan fingerprint density at radius 2 is 1.02 bits per heavy atom. The number of furan rings is 1. The summed E-state index contributed by atoms with van der Waals surface area (Å²) in [5.41, 5.74) is 12.0. The standard InChI is InChI=1S/C52H33NOS/c1-3-12-34(13-4-1)37-22-23-39-33-41(29-26-38(39)32-37)53(40-27-24-36(25-28-40)42-18-11-21-49-50(42)46-17-8-10-20-48(46)55-49)51-43(35-14-5-2-6-15-35)30-31-45-44-16-7-9-19-47(44)54-52(45)51/h1-33H. The molecule has 9 aromatic carbocycles. The Labute approximate surface area is 322 Å². The molecule has 0 aliphatic heterocycles. The van der Waals surface area contributed by atoms with E-state index in [9.17, 15) is 0 Å². The Bertz CT molecular complexity index is 3190. The predicted molar refractivity (Wildman–Crippen MR) is 235 cm³/mol. The van der Waals surface area contributed by atoms with Crippen LogP contribution in [0.25, 0.3) is 86.3 Å². The van der Waals surface area contributed by atoms with E-state index in [1.807, 2.05) is 17.4 Å². The summed E-state index contributed by atoms with van der Waals surface area (Å²) in [7, 11) is 0. The maximum Gasteiger partial charge on any atom is 0.160 e. The fourth-order valence-corrected chi connectivity index (χ4v) is 9.37. The molecule has 3 heteroatoms. The smallest absolute Gasteiger partial charge is 0.160 e. The Hall–Kier alpha value is -6.94. The molecule has 0 atom stereocenters. The van der Waals surface area contributed by atoms with Crippen LogP contribution in [0.1, 0.15) is 0 Å². The topological polar surface area (TPSA) is 16.4 Å². The van der Waals surface area contributed by atoms with Crippen LogP contribution in [0.2, 0.25) is 0 Å². The van der Waals surface area contributed by atoms with Crippen LogP contribution in [0.15, 0.2) is 205 Å². The number of hydrogen-bond donors (Lipinski definition) is 0. The van der Waals surface area contributed by atoms with Crippen LogP contribution in [0.5, 0.6) is 0 Å². The SMILES string of the molecule is c1ccc(-c2ccc3cc(N(c4ccc(-c5cccc6sc7ccccc7c56)cc4)c4c(-c5ccccc5)ccc5c4oc4ccccc45)ccc3c2)cc1. The molecule has 11 rings (SSSR count). The Balaban J connectivity index is 1.14. The van der Waals surface area contributed by atoms with Crippen molar-refractivity contribution in [1.82, 2.24) is 0 Å². The monoisotopic (exact) mass is 719 g/mol. The third kappa shape index (κ3) is 5.32. The number of nitrogens with zero attached hydrogens (tertiary/aromatic N) is 1. The van der Waals surface area contributed by atoms with E-state index >= 15 is 0 Å². The number of rotatable bonds is 6. The molecular formula is C52H33NOS. The summed E-state index contributed by atoms with van der Waals surface area (Å²) >= 11 is 1.86. The number of para-hydroxylation sites is 1. The number of anilines is 3. The van der Waals surface area contributed by atoms with Gasteiger partial charge in [0.2, 0.25) is 0 Å². The van der Waals surface area contributed by atoms with Gasteiger partial charge in [0.1, 0.15) is 5.58 Å². The van der Waals surface area contributed by atoms with Crippen molar-refractivity contribution in [3.05, 3.63) is 200 Å². The van der Waals surface area contributed by atoms with Crippen LogP contribution in [0.3, 0.4) is 0 Å². The first-order valence-corrected chi connectivity index (χ1v) is 19.5. The number of hydrogen-bond acceptors (Lipinski definition) is 3. The van der Waals surface area contributed by atoms with E-state index in [-0.39, 0.29) is 0 Å². The zero-order chi connectivity index (χ0) is 36.3. The molecule has 0 aliphatic carbocycles. The molecule has 0 spiro atoms. The summed E-state index contributed by atoms with van der Waals surface area (Å²) in [6.45, 7) is 0. The fourth-order valence-electron chi connectivity index (χ4n) is 8.24. The minimum atomic E-state index is 0.862. The van der Waals surface area contributed by atoms with E-state index in [2.05, 4.69) is 199 Å². The molecule has 0 unspecified atom stereocenters. The van der Waals surface area contributed by atoms with Gasteiger partial charge in [-0.05, 0) is 93.2 Å². The third-order valence-corrected chi connectivity index (χ3v) is 12.0. The van der Waals surface area contributed by atoms with Crippen molar-refractivity contribution in [3.8, 4) is 33.4 Å². The number of fused-ring (bicyclic) bond motifs is 7. The highest BCUT2D eigenvalue weighted by Gasteiger charge is 2.24. The second kappa shape index (κ2) is 12.9. The van der Waals surface area contributed by atoms with Crippen LogP contribution in [-0.2, 0) is 0 Å². The summed E-state index contributed by atoms with van der Waals surface area (Å²) in [6, 6.07) is 72.1. The Kier molecular flexibility index (Phi) is 7.39. The first-order valence-electron chi connectivity index (χ1n) is 18.7. The Morgan fingerprint density at radius 1 is 0.382 bits per heavy atom. The van der Waals surface area contributed by atoms with Crippen LogP contribution in [0.4, 0.5) is 17.1 Å². The van der Waals surface area contributed by atoms with Crippen LogP contribution in [0, 0.1) is 0 Å². The molecule has 2 nitrogen and oxygen atoms in total. The lowest BCUT2D eigenvalue weighted by Gasteiger charge is -2.28. The first kappa shape index (κ1) is 31.6. The van der Waals surface area contributed by atoms with Crippen molar-refractivity contribution >= 4 is 81.3 Å². The van der Waals surface area contributed by atoms with Gasteiger partial charge in [-0.15, -0.1) is 11.3 Å². The lowest BCUT2D eigenvalue weighted by atomic mass is 9.97. The molecule has 0 amide bonds.